The highest BCUT2D eigenvalue weighted by Gasteiger charge is 2.24. The molecule has 2 atom stereocenters. The van der Waals surface area contributed by atoms with Crippen LogP contribution in [0.5, 0.6) is 0 Å². The predicted octanol–water partition coefficient (Wildman–Crippen LogP) is 0.348. The van der Waals surface area contributed by atoms with Gasteiger partial charge in [-0.15, -0.1) is 0 Å². The topological polar surface area (TPSA) is 32.3 Å². The lowest BCUT2D eigenvalue weighted by atomic mass is 9.97. The number of nitrogens with one attached hydrogen (secondary N) is 1. The standard InChI is InChI=1S/C7H13NO/c1-5-6(2)8-3-7(5)4-9/h5,7-9H,2-4H2,1H3/i9D. The summed E-state index contributed by atoms with van der Waals surface area (Å²) in [6.45, 7) is 7.35. The Morgan fingerprint density at radius 2 is 2.89 bits per heavy atom. The molecule has 2 nitrogen and oxygen atoms in total. The van der Waals surface area contributed by atoms with Crippen LogP contribution in [0.2, 0.25) is 0 Å². The molecule has 0 bridgehead atoms. The first-order chi connectivity index (χ1) is 4.75. The van der Waals surface area contributed by atoms with Gasteiger partial charge in [0.25, 0.3) is 0 Å². The third kappa shape index (κ3) is 1.08. The van der Waals surface area contributed by atoms with Gasteiger partial charge in [-0.3, -0.25) is 0 Å². The van der Waals surface area contributed by atoms with Crippen LogP contribution in [0.4, 0.5) is 0 Å². The molecule has 9 heavy (non-hydrogen) atoms. The average Bonchev–Trinajstić information content (AvgIpc) is 2.20. The molecular formula is C7H13NO. The third-order valence-electron chi connectivity index (χ3n) is 2.06. The molecule has 1 fully saturated rings. The summed E-state index contributed by atoms with van der Waals surface area (Å²) in [5.74, 6) is 0.885. The average molecular weight is 128 g/mol. The fraction of sp³-hybridized carbons (Fsp3) is 0.714. The van der Waals surface area contributed by atoms with E-state index in [0.29, 0.717) is 18.4 Å². The molecule has 2 heteroatoms. The first kappa shape index (κ1) is 5.30. The van der Waals surface area contributed by atoms with Gasteiger partial charge in [0.1, 0.15) is 0 Å². The Bertz CT molecular complexity index is 138. The Morgan fingerprint density at radius 3 is 3.33 bits per heavy atom. The van der Waals surface area contributed by atoms with Gasteiger partial charge in [0.2, 0.25) is 1.43 Å². The largest absolute Gasteiger partial charge is 0.396 e. The summed E-state index contributed by atoms with van der Waals surface area (Å²) in [5, 5.41) is 7.46. The van der Waals surface area contributed by atoms with Crippen molar-refractivity contribution in [1.29, 1.82) is 1.43 Å². The zero-order chi connectivity index (χ0) is 7.56. The lowest BCUT2D eigenvalue weighted by Gasteiger charge is -2.08. The highest BCUT2D eigenvalue weighted by Crippen LogP contribution is 2.22. The molecule has 52 valence electrons. The van der Waals surface area contributed by atoms with Gasteiger partial charge in [-0.25, -0.2) is 0 Å². The molecule has 1 aliphatic rings. The molecule has 0 aromatic heterocycles. The highest BCUT2D eigenvalue weighted by atomic mass is 16.3. The molecule has 2 N–H and O–H groups in total. The molecule has 1 aliphatic heterocycles. The summed E-state index contributed by atoms with van der Waals surface area (Å²) in [7, 11) is 0. The molecule has 1 heterocycles. The van der Waals surface area contributed by atoms with Crippen LogP contribution in [0, 0.1) is 11.8 Å². The fourth-order valence-corrected chi connectivity index (χ4v) is 1.09. The minimum atomic E-state index is 0.435. The molecule has 0 aliphatic carbocycles. The minimum Gasteiger partial charge on any atom is -0.396 e. The van der Waals surface area contributed by atoms with Crippen LogP contribution < -0.4 is 5.32 Å². The predicted molar refractivity (Wildman–Crippen MR) is 36.9 cm³/mol. The van der Waals surface area contributed by atoms with Crippen molar-refractivity contribution < 1.29 is 5.11 Å². The molecular weight excluding hydrogens is 114 g/mol. The van der Waals surface area contributed by atoms with Crippen LogP contribution in [0.1, 0.15) is 6.92 Å². The monoisotopic (exact) mass is 128 g/mol. The van der Waals surface area contributed by atoms with Crippen LogP contribution in [0.15, 0.2) is 12.3 Å². The maximum absolute atomic E-state index is 6.57. The number of aliphatic hydroxyl groups is 1. The first-order valence-electron chi connectivity index (χ1n) is 3.67. The van der Waals surface area contributed by atoms with Crippen molar-refractivity contribution in [3.05, 3.63) is 12.3 Å². The van der Waals surface area contributed by atoms with E-state index in [1.165, 1.54) is 0 Å². The van der Waals surface area contributed by atoms with Crippen LogP contribution in [0.25, 0.3) is 0 Å². The lowest BCUT2D eigenvalue weighted by Crippen LogP contribution is -2.13. The van der Waals surface area contributed by atoms with Gasteiger partial charge in [-0.05, 0) is 0 Å². The fourth-order valence-electron chi connectivity index (χ4n) is 1.09. The Kier molecular flexibility index (Phi) is 1.41. The lowest BCUT2D eigenvalue weighted by molar-refractivity contribution is 0.215. The van der Waals surface area contributed by atoms with Gasteiger partial charge < -0.3 is 10.4 Å². The molecule has 0 saturated carbocycles. The van der Waals surface area contributed by atoms with Crippen LogP contribution in [-0.2, 0) is 0 Å². The van der Waals surface area contributed by atoms with Crippen LogP contribution >= 0.6 is 0 Å². The maximum atomic E-state index is 6.57. The number of hydrogen-bond donors (Lipinski definition) is 2. The van der Waals surface area contributed by atoms with E-state index in [4.69, 9.17) is 1.43 Å². The second-order valence-electron chi connectivity index (χ2n) is 2.62. The molecule has 0 amide bonds. The van der Waals surface area contributed by atoms with Gasteiger partial charge in [0.15, 0.2) is 0 Å². The van der Waals surface area contributed by atoms with Crippen molar-refractivity contribution in [3.63, 3.8) is 0 Å². The van der Waals surface area contributed by atoms with E-state index >= 15 is 0 Å². The Balaban J connectivity index is 2.41. The van der Waals surface area contributed by atoms with Gasteiger partial charge in [0.05, 0.1) is 0 Å². The number of allylic oxidation sites excluding steroid dienone is 1. The first-order valence-corrected chi connectivity index (χ1v) is 3.26. The maximum Gasteiger partial charge on any atom is 0.210 e. The summed E-state index contributed by atoms with van der Waals surface area (Å²) in [5.41, 5.74) is 1.07. The molecule has 0 radical (unpaired) electrons. The minimum absolute atomic E-state index is 0.435. The van der Waals surface area contributed by atoms with Crippen molar-refractivity contribution in [2.24, 2.45) is 11.8 Å². The van der Waals surface area contributed by atoms with E-state index in [9.17, 15) is 0 Å². The summed E-state index contributed by atoms with van der Waals surface area (Å²) in [4.78, 5) is 0. The summed E-state index contributed by atoms with van der Waals surface area (Å²) in [6, 6.07) is 0. The molecule has 1 saturated heterocycles. The molecule has 0 aromatic carbocycles. The summed E-state index contributed by atoms with van der Waals surface area (Å²) in [6.07, 6.45) is 0. The summed E-state index contributed by atoms with van der Waals surface area (Å²) >= 11 is 0. The number of hydrogen-bond acceptors (Lipinski definition) is 2. The second kappa shape index (κ2) is 2.40. The Hall–Kier alpha value is -0.500. The molecule has 0 aromatic rings. The van der Waals surface area contributed by atoms with Gasteiger partial charge in [-0.1, -0.05) is 13.5 Å². The SMILES string of the molecule is [2H]OCC1CNC(=C)C1C. The molecule has 0 spiro atoms. The zero-order valence-electron chi connectivity index (χ0n) is 6.68. The Labute approximate surface area is 57.1 Å². The third-order valence-corrected chi connectivity index (χ3v) is 2.06. The smallest absolute Gasteiger partial charge is 0.210 e. The normalized spacial score (nSPS) is 36.1. The van der Waals surface area contributed by atoms with Crippen molar-refractivity contribution in [2.45, 2.75) is 6.92 Å². The van der Waals surface area contributed by atoms with E-state index in [2.05, 4.69) is 23.9 Å². The van der Waals surface area contributed by atoms with E-state index in [1.807, 2.05) is 0 Å². The molecule has 1 rings (SSSR count). The Morgan fingerprint density at radius 1 is 2.11 bits per heavy atom. The van der Waals surface area contributed by atoms with E-state index in [1.54, 1.807) is 0 Å². The number of rotatable bonds is 2. The quantitative estimate of drug-likeness (QED) is 0.562. The van der Waals surface area contributed by atoms with Gasteiger partial charge >= 0.3 is 0 Å². The van der Waals surface area contributed by atoms with Gasteiger partial charge in [-0.2, -0.15) is 0 Å². The van der Waals surface area contributed by atoms with Gasteiger partial charge in [0, 0.05) is 30.7 Å². The molecule has 2 unspecified atom stereocenters. The van der Waals surface area contributed by atoms with Crippen molar-refractivity contribution >= 4 is 0 Å². The van der Waals surface area contributed by atoms with E-state index in [0.717, 1.165) is 12.2 Å². The number of aliphatic hydroxyl groups excluding tert-OH is 1. The van der Waals surface area contributed by atoms with Crippen LogP contribution in [0.3, 0.4) is 0 Å². The van der Waals surface area contributed by atoms with E-state index < -0.39 is 0 Å². The van der Waals surface area contributed by atoms with E-state index in [-0.39, 0.29) is 0 Å². The van der Waals surface area contributed by atoms with Crippen LogP contribution in [-0.4, -0.2) is 19.7 Å². The zero-order valence-corrected chi connectivity index (χ0v) is 5.68. The van der Waals surface area contributed by atoms with Crippen molar-refractivity contribution in [3.8, 4) is 0 Å². The van der Waals surface area contributed by atoms with Crippen molar-refractivity contribution in [2.75, 3.05) is 13.2 Å². The highest BCUT2D eigenvalue weighted by molar-refractivity contribution is 5.05. The summed E-state index contributed by atoms with van der Waals surface area (Å²) < 4.78 is 6.57. The van der Waals surface area contributed by atoms with Crippen molar-refractivity contribution in [1.82, 2.24) is 5.32 Å². The second-order valence-corrected chi connectivity index (χ2v) is 2.62.